The van der Waals surface area contributed by atoms with Gasteiger partial charge in [-0.2, -0.15) is 0 Å². The predicted octanol–water partition coefficient (Wildman–Crippen LogP) is 1.13. The van der Waals surface area contributed by atoms with Gasteiger partial charge in [0, 0.05) is 17.9 Å². The van der Waals surface area contributed by atoms with E-state index in [-0.39, 0.29) is 34.3 Å². The molecule has 2 fully saturated rings. The van der Waals surface area contributed by atoms with Crippen LogP contribution in [0.3, 0.4) is 0 Å². The summed E-state index contributed by atoms with van der Waals surface area (Å²) >= 11 is 0. The Morgan fingerprint density at radius 1 is 0.950 bits per heavy atom. The van der Waals surface area contributed by atoms with Crippen LogP contribution in [0.5, 0.6) is 0 Å². The first-order chi connectivity index (χ1) is 9.62. The molecule has 1 aromatic heterocycles. The predicted molar refractivity (Wildman–Crippen MR) is 73.6 cm³/mol. The fourth-order valence-electron chi connectivity index (χ4n) is 5.46. The highest BCUT2D eigenvalue weighted by Crippen LogP contribution is 2.75. The summed E-state index contributed by atoms with van der Waals surface area (Å²) < 4.78 is 4.79. The first kappa shape index (κ1) is 10.9. The van der Waals surface area contributed by atoms with Crippen molar-refractivity contribution in [2.75, 3.05) is 0 Å². The van der Waals surface area contributed by atoms with Crippen molar-refractivity contribution in [2.45, 2.75) is 37.8 Å². The van der Waals surface area contributed by atoms with E-state index in [0.29, 0.717) is 0 Å². The molecule has 2 bridgehead atoms. The molecule has 104 valence electrons. The second-order valence-corrected chi connectivity index (χ2v) is 6.72. The zero-order valence-corrected chi connectivity index (χ0v) is 11.5. The Bertz CT molecular complexity index is 743. The number of aromatic nitrogens is 3. The van der Waals surface area contributed by atoms with Crippen LogP contribution in [0.4, 0.5) is 0 Å². The Morgan fingerprint density at radius 2 is 1.40 bits per heavy atom. The molecule has 0 unspecified atom stereocenters. The van der Waals surface area contributed by atoms with Gasteiger partial charge in [0.25, 0.3) is 0 Å². The second kappa shape index (κ2) is 2.95. The van der Waals surface area contributed by atoms with Crippen LogP contribution in [0.2, 0.25) is 0 Å². The summed E-state index contributed by atoms with van der Waals surface area (Å²) in [5.74, 6) is 0. The molecule has 3 aliphatic carbocycles. The van der Waals surface area contributed by atoms with Crippen LogP contribution in [0.15, 0.2) is 33.9 Å². The Labute approximate surface area is 115 Å². The van der Waals surface area contributed by atoms with Crippen LogP contribution in [0, 0.1) is 10.8 Å². The minimum absolute atomic E-state index is 0.0717. The lowest BCUT2D eigenvalue weighted by Crippen LogP contribution is -2.67. The third-order valence-electron chi connectivity index (χ3n) is 6.41. The molecule has 20 heavy (non-hydrogen) atoms. The average Bonchev–Trinajstić information content (AvgIpc) is 2.67. The summed E-state index contributed by atoms with van der Waals surface area (Å²) in [4.78, 5) is 24.9. The zero-order chi connectivity index (χ0) is 13.7. The van der Waals surface area contributed by atoms with Crippen LogP contribution < -0.4 is 11.4 Å². The summed E-state index contributed by atoms with van der Waals surface area (Å²) in [5, 5.41) is 0. The van der Waals surface area contributed by atoms with Crippen molar-refractivity contribution >= 4 is 0 Å². The van der Waals surface area contributed by atoms with Crippen molar-refractivity contribution < 1.29 is 0 Å². The zero-order valence-electron chi connectivity index (χ0n) is 11.5. The standard InChI is InChI=1S/C15H17N3O2/c1-16-12(19)17-10-4-5-11(18(17)13(16)20)15-7-3-2-6-14(10,15)8-9-15/h2-3,6-7,10-11H,4-5,8-9H2,1H3/t10-,11+,14+,15-. The van der Waals surface area contributed by atoms with E-state index in [4.69, 9.17) is 0 Å². The van der Waals surface area contributed by atoms with Crippen LogP contribution >= 0.6 is 0 Å². The minimum Gasteiger partial charge on any atom is -0.246 e. The fraction of sp³-hybridized carbons (Fsp3) is 0.600. The highest BCUT2D eigenvalue weighted by Gasteiger charge is 2.70. The molecule has 6 rings (SSSR count). The first-order valence-corrected chi connectivity index (χ1v) is 7.39. The lowest BCUT2D eigenvalue weighted by atomic mass is 9.39. The maximum Gasteiger partial charge on any atom is 0.347 e. The van der Waals surface area contributed by atoms with Gasteiger partial charge in [0.2, 0.25) is 0 Å². The van der Waals surface area contributed by atoms with Gasteiger partial charge in [-0.3, -0.25) is 0 Å². The maximum absolute atomic E-state index is 12.4. The van der Waals surface area contributed by atoms with Crippen LogP contribution in [0.1, 0.15) is 37.8 Å². The number of fused-ring (bicyclic) bond motifs is 1. The Morgan fingerprint density at radius 3 is 1.80 bits per heavy atom. The molecule has 5 aliphatic rings. The smallest absolute Gasteiger partial charge is 0.246 e. The molecule has 0 N–H and O–H groups in total. The van der Waals surface area contributed by atoms with Crippen molar-refractivity contribution in [1.29, 1.82) is 0 Å². The van der Waals surface area contributed by atoms with Crippen molar-refractivity contribution in [3.8, 4) is 0 Å². The van der Waals surface area contributed by atoms with E-state index in [2.05, 4.69) is 24.3 Å². The van der Waals surface area contributed by atoms with Crippen molar-refractivity contribution in [3.05, 3.63) is 45.3 Å². The molecular weight excluding hydrogens is 254 g/mol. The van der Waals surface area contributed by atoms with E-state index >= 15 is 0 Å². The summed E-state index contributed by atoms with van der Waals surface area (Å²) in [6.07, 6.45) is 13.1. The van der Waals surface area contributed by atoms with Gasteiger partial charge < -0.3 is 0 Å². The van der Waals surface area contributed by atoms with Crippen LogP contribution in [-0.2, 0) is 7.05 Å². The number of rotatable bonds is 0. The molecule has 2 saturated carbocycles. The van der Waals surface area contributed by atoms with Gasteiger partial charge in [0.15, 0.2) is 0 Å². The highest BCUT2D eigenvalue weighted by atomic mass is 16.2. The van der Waals surface area contributed by atoms with E-state index in [1.807, 2.05) is 0 Å². The van der Waals surface area contributed by atoms with E-state index in [1.165, 1.54) is 4.57 Å². The largest absolute Gasteiger partial charge is 0.347 e. The molecule has 1 aromatic rings. The quantitative estimate of drug-likeness (QED) is 0.710. The molecule has 0 saturated heterocycles. The molecule has 5 nitrogen and oxygen atoms in total. The van der Waals surface area contributed by atoms with Gasteiger partial charge in [-0.05, 0) is 25.7 Å². The third-order valence-corrected chi connectivity index (χ3v) is 6.41. The molecule has 0 spiro atoms. The van der Waals surface area contributed by atoms with Crippen molar-refractivity contribution in [3.63, 3.8) is 0 Å². The number of hydrogen-bond donors (Lipinski definition) is 0. The summed E-state index contributed by atoms with van der Waals surface area (Å²) in [6.45, 7) is 0. The van der Waals surface area contributed by atoms with E-state index in [9.17, 15) is 9.59 Å². The van der Waals surface area contributed by atoms with E-state index in [1.54, 1.807) is 16.4 Å². The number of allylic oxidation sites excluding steroid dienone is 4. The normalized spacial score (nSPS) is 42.9. The summed E-state index contributed by atoms with van der Waals surface area (Å²) in [5.41, 5.74) is -0.157. The molecular formula is C15H17N3O2. The third kappa shape index (κ3) is 0.807. The molecule has 0 aromatic carbocycles. The fourth-order valence-corrected chi connectivity index (χ4v) is 5.46. The molecule has 0 radical (unpaired) electrons. The number of nitrogens with zero attached hydrogens (tertiary/aromatic N) is 3. The highest BCUT2D eigenvalue weighted by molar-refractivity contribution is 5.37. The summed E-state index contributed by atoms with van der Waals surface area (Å²) in [6, 6.07) is 0.285. The summed E-state index contributed by atoms with van der Waals surface area (Å²) in [7, 11) is 1.59. The monoisotopic (exact) mass is 271 g/mol. The lowest BCUT2D eigenvalue weighted by Gasteiger charge is -2.70. The Kier molecular flexibility index (Phi) is 1.61. The molecule has 2 aliphatic heterocycles. The molecule has 4 atom stereocenters. The van der Waals surface area contributed by atoms with Gasteiger partial charge in [-0.15, -0.1) is 0 Å². The van der Waals surface area contributed by atoms with Gasteiger partial charge in [0.05, 0.1) is 12.1 Å². The molecule has 3 heterocycles. The minimum atomic E-state index is -0.150. The lowest BCUT2D eigenvalue weighted by molar-refractivity contribution is -0.164. The SMILES string of the molecule is Cn1c(=O)n2n(c1=O)[C@@H]1CC[C@H]2[C@]23C=CC=C[C@]12CC3. The van der Waals surface area contributed by atoms with Crippen LogP contribution in [-0.4, -0.2) is 13.9 Å². The second-order valence-electron chi connectivity index (χ2n) is 6.72. The maximum atomic E-state index is 12.4. The van der Waals surface area contributed by atoms with Gasteiger partial charge >= 0.3 is 11.4 Å². The topological polar surface area (TPSA) is 48.9 Å². The van der Waals surface area contributed by atoms with E-state index < -0.39 is 0 Å². The average molecular weight is 271 g/mol. The Hall–Kier alpha value is -1.78. The van der Waals surface area contributed by atoms with Gasteiger partial charge in [0.1, 0.15) is 0 Å². The van der Waals surface area contributed by atoms with E-state index in [0.717, 1.165) is 25.7 Å². The van der Waals surface area contributed by atoms with Gasteiger partial charge in [-0.1, -0.05) is 24.3 Å². The van der Waals surface area contributed by atoms with Crippen molar-refractivity contribution in [1.82, 2.24) is 13.9 Å². The Balaban J connectivity index is 1.92. The molecule has 0 amide bonds. The number of hydrogen-bond acceptors (Lipinski definition) is 2. The van der Waals surface area contributed by atoms with Crippen molar-refractivity contribution in [2.24, 2.45) is 17.9 Å². The van der Waals surface area contributed by atoms with Gasteiger partial charge in [-0.25, -0.2) is 23.5 Å². The first-order valence-electron chi connectivity index (χ1n) is 7.39. The van der Waals surface area contributed by atoms with Crippen LogP contribution in [0.25, 0.3) is 0 Å². The molecule has 5 heteroatoms.